The Labute approximate surface area is 138 Å². The van der Waals surface area contributed by atoms with Gasteiger partial charge in [-0.1, -0.05) is 15.9 Å². The van der Waals surface area contributed by atoms with Crippen molar-refractivity contribution in [3.8, 4) is 0 Å². The maximum Gasteiger partial charge on any atom is 0.411 e. The maximum atomic E-state index is 14.0. The molecular formula is C14H23BrFNO5. The number of carbonyl (C=O) groups is 2. The summed E-state index contributed by atoms with van der Waals surface area (Å²) in [5.41, 5.74) is -2.33. The molecule has 0 spiro atoms. The molecule has 6 nitrogen and oxygen atoms in total. The Morgan fingerprint density at radius 1 is 1.50 bits per heavy atom. The number of alkyl halides is 2. The molecule has 1 N–H and O–H groups in total. The fourth-order valence-electron chi connectivity index (χ4n) is 2.59. The summed E-state index contributed by atoms with van der Waals surface area (Å²) in [6.07, 6.45) is -3.43. The summed E-state index contributed by atoms with van der Waals surface area (Å²) in [7, 11) is 1.17. The summed E-state index contributed by atoms with van der Waals surface area (Å²) in [5, 5.41) is 10.1. The predicted octanol–water partition coefficient (Wildman–Crippen LogP) is 2.02. The molecule has 1 fully saturated rings. The molecule has 1 heterocycles. The highest BCUT2D eigenvalue weighted by atomic mass is 79.9. The lowest BCUT2D eigenvalue weighted by molar-refractivity contribution is -0.155. The molecule has 1 amide bonds. The number of ether oxygens (including phenoxy) is 2. The van der Waals surface area contributed by atoms with Crippen LogP contribution in [0.3, 0.4) is 0 Å². The molecule has 0 saturated carbocycles. The van der Waals surface area contributed by atoms with Crippen molar-refractivity contribution < 1.29 is 28.6 Å². The number of halogens is 2. The van der Waals surface area contributed by atoms with Gasteiger partial charge in [0.15, 0.2) is 0 Å². The van der Waals surface area contributed by atoms with Gasteiger partial charge in [0.2, 0.25) is 0 Å². The average Bonchev–Trinajstić information content (AvgIpc) is 2.73. The van der Waals surface area contributed by atoms with E-state index in [4.69, 9.17) is 9.47 Å². The quantitative estimate of drug-likeness (QED) is 0.593. The van der Waals surface area contributed by atoms with Gasteiger partial charge in [-0.15, -0.1) is 0 Å². The van der Waals surface area contributed by atoms with Crippen LogP contribution in [-0.2, 0) is 14.3 Å². The molecular weight excluding hydrogens is 361 g/mol. The van der Waals surface area contributed by atoms with Gasteiger partial charge >= 0.3 is 12.1 Å². The first kappa shape index (κ1) is 19.2. The van der Waals surface area contributed by atoms with Crippen molar-refractivity contribution >= 4 is 28.0 Å². The molecule has 0 bridgehead atoms. The molecule has 1 saturated heterocycles. The topological polar surface area (TPSA) is 76.1 Å². The van der Waals surface area contributed by atoms with Crippen molar-refractivity contribution in [3.05, 3.63) is 0 Å². The summed E-state index contributed by atoms with van der Waals surface area (Å²) in [5.74, 6) is -0.751. The van der Waals surface area contributed by atoms with Crippen LogP contribution in [0.1, 0.15) is 33.6 Å². The highest BCUT2D eigenvalue weighted by Crippen LogP contribution is 2.37. The van der Waals surface area contributed by atoms with Gasteiger partial charge in [0.25, 0.3) is 0 Å². The van der Waals surface area contributed by atoms with Crippen molar-refractivity contribution in [1.82, 2.24) is 4.90 Å². The molecule has 3 atom stereocenters. The van der Waals surface area contributed by atoms with Crippen molar-refractivity contribution in [2.75, 3.05) is 19.0 Å². The van der Waals surface area contributed by atoms with Crippen LogP contribution in [0.2, 0.25) is 0 Å². The van der Waals surface area contributed by atoms with Crippen LogP contribution in [-0.4, -0.2) is 64.5 Å². The standard InChI is InChI=1S/C14H23BrFNO5/c1-13(2,3)22-12(20)17-8-9(16)5-14(17,11(19)21-4)6-10(18)7-15/h9-10,18H,5-8H2,1-4H3. The van der Waals surface area contributed by atoms with Crippen LogP contribution in [0.25, 0.3) is 0 Å². The Morgan fingerprint density at radius 3 is 2.55 bits per heavy atom. The Kier molecular flexibility index (Phi) is 6.20. The number of carbonyl (C=O) groups excluding carboxylic acids is 2. The van der Waals surface area contributed by atoms with E-state index < -0.39 is 35.5 Å². The minimum atomic E-state index is -1.55. The fraction of sp³-hybridized carbons (Fsp3) is 0.857. The predicted molar refractivity (Wildman–Crippen MR) is 81.6 cm³/mol. The molecule has 1 aliphatic heterocycles. The number of hydrogen-bond donors (Lipinski definition) is 1. The van der Waals surface area contributed by atoms with E-state index in [9.17, 15) is 19.1 Å². The Bertz CT molecular complexity index is 428. The second-order valence-corrected chi connectivity index (χ2v) is 7.08. The molecule has 1 aliphatic rings. The lowest BCUT2D eigenvalue weighted by Gasteiger charge is -2.37. The third-order valence-electron chi connectivity index (χ3n) is 3.39. The Morgan fingerprint density at radius 2 is 2.09 bits per heavy atom. The van der Waals surface area contributed by atoms with Gasteiger partial charge in [-0.2, -0.15) is 0 Å². The van der Waals surface area contributed by atoms with Crippen LogP contribution >= 0.6 is 15.9 Å². The number of hydrogen-bond acceptors (Lipinski definition) is 5. The van der Waals surface area contributed by atoms with Crippen molar-refractivity contribution in [2.45, 2.75) is 57.0 Å². The number of esters is 1. The molecule has 0 aromatic carbocycles. The summed E-state index contributed by atoms with van der Waals surface area (Å²) in [6, 6.07) is 0. The van der Waals surface area contributed by atoms with Crippen molar-refractivity contribution in [3.63, 3.8) is 0 Å². The van der Waals surface area contributed by atoms with E-state index >= 15 is 0 Å². The van der Waals surface area contributed by atoms with Crippen LogP contribution in [0.5, 0.6) is 0 Å². The average molecular weight is 384 g/mol. The molecule has 3 unspecified atom stereocenters. The Hall–Kier alpha value is -0.890. The van der Waals surface area contributed by atoms with E-state index in [0.29, 0.717) is 0 Å². The number of amides is 1. The van der Waals surface area contributed by atoms with E-state index in [2.05, 4.69) is 15.9 Å². The van der Waals surface area contributed by atoms with Crippen molar-refractivity contribution in [1.29, 1.82) is 0 Å². The van der Waals surface area contributed by atoms with E-state index in [-0.39, 0.29) is 24.7 Å². The van der Waals surface area contributed by atoms with Gasteiger partial charge < -0.3 is 14.6 Å². The molecule has 1 rings (SSSR count). The number of rotatable bonds is 4. The van der Waals surface area contributed by atoms with Gasteiger partial charge in [0, 0.05) is 18.2 Å². The third kappa shape index (κ3) is 4.32. The van der Waals surface area contributed by atoms with Gasteiger partial charge in [0.05, 0.1) is 19.8 Å². The van der Waals surface area contributed by atoms with E-state index in [1.165, 1.54) is 7.11 Å². The molecule has 128 valence electrons. The van der Waals surface area contributed by atoms with E-state index in [1.807, 2.05) is 0 Å². The largest absolute Gasteiger partial charge is 0.467 e. The molecule has 0 aromatic rings. The minimum absolute atomic E-state index is 0.120. The van der Waals surface area contributed by atoms with Gasteiger partial charge in [-0.25, -0.2) is 14.0 Å². The SMILES string of the molecule is COC(=O)C1(CC(O)CBr)CC(F)CN1C(=O)OC(C)(C)C. The monoisotopic (exact) mass is 383 g/mol. The third-order valence-corrected chi connectivity index (χ3v) is 4.13. The van der Waals surface area contributed by atoms with Gasteiger partial charge in [-0.3, -0.25) is 4.90 Å². The second kappa shape index (κ2) is 7.12. The molecule has 8 heteroatoms. The highest BCUT2D eigenvalue weighted by Gasteiger charge is 2.56. The lowest BCUT2D eigenvalue weighted by atomic mass is 9.89. The molecule has 0 aromatic heterocycles. The lowest BCUT2D eigenvalue weighted by Crippen LogP contribution is -2.56. The zero-order valence-corrected chi connectivity index (χ0v) is 14.9. The first-order valence-electron chi connectivity index (χ1n) is 7.03. The summed E-state index contributed by atoms with van der Waals surface area (Å²) in [6.45, 7) is 4.78. The normalized spacial score (nSPS) is 26.7. The number of aliphatic hydroxyl groups excluding tert-OH is 1. The van der Waals surface area contributed by atoms with Gasteiger partial charge in [0.1, 0.15) is 17.3 Å². The zero-order chi connectivity index (χ0) is 17.1. The van der Waals surface area contributed by atoms with Crippen molar-refractivity contribution in [2.24, 2.45) is 0 Å². The summed E-state index contributed by atoms with van der Waals surface area (Å²) in [4.78, 5) is 25.6. The summed E-state index contributed by atoms with van der Waals surface area (Å²) >= 11 is 3.11. The van der Waals surface area contributed by atoms with E-state index in [1.54, 1.807) is 20.8 Å². The number of aliphatic hydroxyl groups is 1. The summed E-state index contributed by atoms with van der Waals surface area (Å²) < 4.78 is 24.0. The van der Waals surface area contributed by atoms with Crippen LogP contribution in [0.4, 0.5) is 9.18 Å². The highest BCUT2D eigenvalue weighted by molar-refractivity contribution is 9.09. The minimum Gasteiger partial charge on any atom is -0.467 e. The molecule has 0 aliphatic carbocycles. The van der Waals surface area contributed by atoms with Crippen LogP contribution in [0, 0.1) is 0 Å². The van der Waals surface area contributed by atoms with E-state index in [0.717, 1.165) is 4.90 Å². The maximum absolute atomic E-state index is 14.0. The number of methoxy groups -OCH3 is 1. The number of likely N-dealkylation sites (tertiary alicyclic amines) is 1. The number of nitrogens with zero attached hydrogens (tertiary/aromatic N) is 1. The van der Waals surface area contributed by atoms with Crippen LogP contribution in [0.15, 0.2) is 0 Å². The molecule has 0 radical (unpaired) electrons. The molecule has 22 heavy (non-hydrogen) atoms. The van der Waals surface area contributed by atoms with Crippen LogP contribution < -0.4 is 0 Å². The Balaban J connectivity index is 3.14. The first-order valence-corrected chi connectivity index (χ1v) is 8.15. The smallest absolute Gasteiger partial charge is 0.411 e. The zero-order valence-electron chi connectivity index (χ0n) is 13.3. The van der Waals surface area contributed by atoms with Gasteiger partial charge in [-0.05, 0) is 20.8 Å². The first-order chi connectivity index (χ1) is 10.1. The fourth-order valence-corrected chi connectivity index (χ4v) is 2.81. The second-order valence-electron chi connectivity index (χ2n) is 6.43.